The van der Waals surface area contributed by atoms with Gasteiger partial charge in [-0.25, -0.2) is 8.42 Å². The van der Waals surface area contributed by atoms with Gasteiger partial charge in [-0.2, -0.15) is 4.31 Å². The Labute approximate surface area is 193 Å². The molecule has 1 fully saturated rings. The Kier molecular flexibility index (Phi) is 6.93. The Hall–Kier alpha value is -2.29. The van der Waals surface area contributed by atoms with Crippen LogP contribution in [0.3, 0.4) is 0 Å². The van der Waals surface area contributed by atoms with Gasteiger partial charge in [0, 0.05) is 36.5 Å². The fourth-order valence-electron chi connectivity index (χ4n) is 3.98. The Morgan fingerprint density at radius 1 is 1.06 bits per heavy atom. The van der Waals surface area contributed by atoms with E-state index in [4.69, 9.17) is 21.1 Å². The molecule has 1 atom stereocenters. The monoisotopic (exact) mass is 478 g/mol. The average molecular weight is 479 g/mol. The summed E-state index contributed by atoms with van der Waals surface area (Å²) in [6.45, 7) is 3.55. The smallest absolute Gasteiger partial charge is 0.243 e. The summed E-state index contributed by atoms with van der Waals surface area (Å²) in [6, 6.07) is 11.9. The maximum Gasteiger partial charge on any atom is 0.243 e. The number of sulfonamides is 1. The second-order valence-corrected chi connectivity index (χ2v) is 10.5. The first kappa shape index (κ1) is 22.9. The minimum absolute atomic E-state index is 0.0555. The number of piperidine rings is 1. The SMILES string of the molecule is C[C@@H](NC(=O)C1CCN(S(=O)(=O)c2ccc3c(c2)OCCCO3)CC1)c1ccc(Cl)cc1. The zero-order chi connectivity index (χ0) is 22.7. The molecule has 2 aliphatic heterocycles. The zero-order valence-electron chi connectivity index (χ0n) is 17.9. The van der Waals surface area contributed by atoms with Crippen molar-refractivity contribution in [2.24, 2.45) is 5.92 Å². The molecule has 0 aliphatic carbocycles. The molecule has 2 aromatic rings. The molecule has 0 aromatic heterocycles. The molecule has 0 radical (unpaired) electrons. The normalized spacial score (nSPS) is 18.6. The highest BCUT2D eigenvalue weighted by Gasteiger charge is 2.33. The fraction of sp³-hybridized carbons (Fsp3) is 0.435. The van der Waals surface area contributed by atoms with Gasteiger partial charge >= 0.3 is 0 Å². The van der Waals surface area contributed by atoms with Crippen molar-refractivity contribution in [1.29, 1.82) is 0 Å². The number of ether oxygens (including phenoxy) is 2. The molecule has 2 aromatic carbocycles. The Morgan fingerprint density at radius 2 is 1.72 bits per heavy atom. The second kappa shape index (κ2) is 9.68. The van der Waals surface area contributed by atoms with E-state index in [1.165, 1.54) is 10.4 Å². The number of hydrogen-bond acceptors (Lipinski definition) is 5. The largest absolute Gasteiger partial charge is 0.490 e. The molecular weight excluding hydrogens is 452 g/mol. The summed E-state index contributed by atoms with van der Waals surface area (Å²) in [5.74, 6) is 0.737. The van der Waals surface area contributed by atoms with E-state index in [-0.39, 0.29) is 22.8 Å². The molecule has 0 spiro atoms. The Balaban J connectivity index is 1.37. The van der Waals surface area contributed by atoms with Gasteiger partial charge in [-0.05, 0) is 49.6 Å². The number of hydrogen-bond donors (Lipinski definition) is 1. The van der Waals surface area contributed by atoms with Crippen LogP contribution in [0.5, 0.6) is 11.5 Å². The third-order valence-electron chi connectivity index (χ3n) is 5.91. The predicted molar refractivity (Wildman–Crippen MR) is 122 cm³/mol. The summed E-state index contributed by atoms with van der Waals surface area (Å²) in [6.07, 6.45) is 1.70. The first-order valence-corrected chi connectivity index (χ1v) is 12.6. The third kappa shape index (κ3) is 5.03. The van der Waals surface area contributed by atoms with Crippen molar-refractivity contribution in [1.82, 2.24) is 9.62 Å². The summed E-state index contributed by atoms with van der Waals surface area (Å²) in [5, 5.41) is 3.68. The number of carbonyl (C=O) groups is 1. The van der Waals surface area contributed by atoms with E-state index in [9.17, 15) is 13.2 Å². The van der Waals surface area contributed by atoms with Gasteiger partial charge in [0.2, 0.25) is 15.9 Å². The van der Waals surface area contributed by atoms with E-state index < -0.39 is 10.0 Å². The molecule has 1 amide bonds. The fourth-order valence-corrected chi connectivity index (χ4v) is 5.59. The summed E-state index contributed by atoms with van der Waals surface area (Å²) in [7, 11) is -3.67. The highest BCUT2D eigenvalue weighted by atomic mass is 35.5. The highest BCUT2D eigenvalue weighted by Crippen LogP contribution is 2.34. The van der Waals surface area contributed by atoms with E-state index in [2.05, 4.69) is 5.32 Å². The molecule has 9 heteroatoms. The van der Waals surface area contributed by atoms with E-state index in [0.29, 0.717) is 55.7 Å². The number of amides is 1. The van der Waals surface area contributed by atoms with Crippen molar-refractivity contribution >= 4 is 27.5 Å². The molecule has 0 bridgehead atoms. The average Bonchev–Trinajstić information content (AvgIpc) is 3.04. The number of rotatable bonds is 5. The van der Waals surface area contributed by atoms with Gasteiger partial charge in [-0.1, -0.05) is 23.7 Å². The maximum atomic E-state index is 13.1. The van der Waals surface area contributed by atoms with Crippen molar-refractivity contribution in [2.45, 2.75) is 37.1 Å². The number of carbonyl (C=O) groups excluding carboxylic acids is 1. The molecule has 4 rings (SSSR count). The van der Waals surface area contributed by atoms with Gasteiger partial charge in [-0.15, -0.1) is 0 Å². The van der Waals surface area contributed by atoms with Crippen molar-refractivity contribution in [3.63, 3.8) is 0 Å². The maximum absolute atomic E-state index is 13.1. The highest BCUT2D eigenvalue weighted by molar-refractivity contribution is 7.89. The number of nitrogens with zero attached hydrogens (tertiary/aromatic N) is 1. The van der Waals surface area contributed by atoms with Crippen LogP contribution in [-0.4, -0.2) is 44.9 Å². The quantitative estimate of drug-likeness (QED) is 0.706. The summed E-state index contributed by atoms with van der Waals surface area (Å²) in [4.78, 5) is 12.9. The number of fused-ring (bicyclic) bond motifs is 1. The first-order chi connectivity index (χ1) is 15.3. The van der Waals surface area contributed by atoms with Crippen LogP contribution < -0.4 is 14.8 Å². The lowest BCUT2D eigenvalue weighted by molar-refractivity contribution is -0.126. The van der Waals surface area contributed by atoms with E-state index >= 15 is 0 Å². The van der Waals surface area contributed by atoms with Crippen molar-refractivity contribution in [3.8, 4) is 11.5 Å². The number of halogens is 1. The molecule has 172 valence electrons. The minimum atomic E-state index is -3.67. The van der Waals surface area contributed by atoms with Gasteiger partial charge in [0.15, 0.2) is 11.5 Å². The van der Waals surface area contributed by atoms with Crippen LogP contribution in [0.1, 0.15) is 37.8 Å². The van der Waals surface area contributed by atoms with Crippen molar-refractivity contribution in [3.05, 3.63) is 53.1 Å². The van der Waals surface area contributed by atoms with Gasteiger partial charge in [0.05, 0.1) is 24.2 Å². The Bertz CT molecular complexity index is 1070. The van der Waals surface area contributed by atoms with Gasteiger partial charge in [0.1, 0.15) is 0 Å². The molecule has 1 saturated heterocycles. The first-order valence-electron chi connectivity index (χ1n) is 10.8. The number of benzene rings is 2. The molecule has 7 nitrogen and oxygen atoms in total. The summed E-state index contributed by atoms with van der Waals surface area (Å²) >= 11 is 5.93. The molecular formula is C23H27ClN2O5S. The van der Waals surface area contributed by atoms with Crippen LogP contribution in [0.4, 0.5) is 0 Å². The van der Waals surface area contributed by atoms with Crippen molar-refractivity contribution in [2.75, 3.05) is 26.3 Å². The molecule has 32 heavy (non-hydrogen) atoms. The molecule has 1 N–H and O–H groups in total. The van der Waals surface area contributed by atoms with E-state index in [1.807, 2.05) is 19.1 Å². The minimum Gasteiger partial charge on any atom is -0.490 e. The van der Waals surface area contributed by atoms with Crippen LogP contribution in [0.15, 0.2) is 47.4 Å². The van der Waals surface area contributed by atoms with Crippen LogP contribution in [0.25, 0.3) is 0 Å². The second-order valence-electron chi connectivity index (χ2n) is 8.12. The van der Waals surface area contributed by atoms with Gasteiger partial charge in [0.25, 0.3) is 0 Å². The van der Waals surface area contributed by atoms with Crippen LogP contribution >= 0.6 is 11.6 Å². The van der Waals surface area contributed by atoms with Crippen molar-refractivity contribution < 1.29 is 22.7 Å². The lowest BCUT2D eigenvalue weighted by atomic mass is 9.96. The topological polar surface area (TPSA) is 84.9 Å². The molecule has 2 heterocycles. The predicted octanol–water partition coefficient (Wildman–Crippen LogP) is 3.78. The third-order valence-corrected chi connectivity index (χ3v) is 8.06. The molecule has 0 saturated carbocycles. The van der Waals surface area contributed by atoms with Crippen LogP contribution in [-0.2, 0) is 14.8 Å². The van der Waals surface area contributed by atoms with Gasteiger partial charge < -0.3 is 14.8 Å². The molecule has 2 aliphatic rings. The standard InChI is InChI=1S/C23H27ClN2O5S/c1-16(17-3-5-19(24)6-4-17)25-23(27)18-9-11-26(12-10-18)32(28,29)20-7-8-21-22(15-20)31-14-2-13-30-21/h3-8,15-16,18H,2,9-14H2,1H3,(H,25,27)/t16-/m1/s1. The lowest BCUT2D eigenvalue weighted by Gasteiger charge is -2.31. The van der Waals surface area contributed by atoms with E-state index in [1.54, 1.807) is 24.3 Å². The Morgan fingerprint density at radius 3 is 2.41 bits per heavy atom. The van der Waals surface area contributed by atoms with Crippen LogP contribution in [0, 0.1) is 5.92 Å². The van der Waals surface area contributed by atoms with Crippen LogP contribution in [0.2, 0.25) is 5.02 Å². The summed E-state index contributed by atoms with van der Waals surface area (Å²) in [5.41, 5.74) is 0.970. The van der Waals surface area contributed by atoms with E-state index in [0.717, 1.165) is 12.0 Å². The van der Waals surface area contributed by atoms with Gasteiger partial charge in [-0.3, -0.25) is 4.79 Å². The number of nitrogens with one attached hydrogen (secondary N) is 1. The summed E-state index contributed by atoms with van der Waals surface area (Å²) < 4.78 is 38.9. The molecule has 0 unspecified atom stereocenters. The zero-order valence-corrected chi connectivity index (χ0v) is 19.5. The lowest BCUT2D eigenvalue weighted by Crippen LogP contribution is -2.43.